The zero-order chi connectivity index (χ0) is 21.6. The molecule has 1 unspecified atom stereocenters. The molecule has 31 heavy (non-hydrogen) atoms. The lowest BCUT2D eigenvalue weighted by atomic mass is 9.96. The number of aromatic nitrogens is 3. The first-order chi connectivity index (χ1) is 15.1. The predicted octanol–water partition coefficient (Wildman–Crippen LogP) is 3.34. The summed E-state index contributed by atoms with van der Waals surface area (Å²) in [6.07, 6.45) is 4.00. The van der Waals surface area contributed by atoms with E-state index in [0.29, 0.717) is 41.7 Å². The Labute approximate surface area is 185 Å². The zero-order valence-electron chi connectivity index (χ0n) is 17.1. The molecule has 1 aliphatic rings. The van der Waals surface area contributed by atoms with Gasteiger partial charge >= 0.3 is 0 Å². The summed E-state index contributed by atoms with van der Waals surface area (Å²) in [6.45, 7) is 1.59. The van der Waals surface area contributed by atoms with Crippen molar-refractivity contribution < 1.29 is 9.59 Å². The van der Waals surface area contributed by atoms with E-state index in [2.05, 4.69) is 20.5 Å². The van der Waals surface area contributed by atoms with Gasteiger partial charge in [0, 0.05) is 30.9 Å². The number of piperidine rings is 1. The number of pyridine rings is 1. The Hall–Kier alpha value is -3.19. The van der Waals surface area contributed by atoms with E-state index >= 15 is 0 Å². The van der Waals surface area contributed by atoms with E-state index in [1.54, 1.807) is 17.2 Å². The van der Waals surface area contributed by atoms with Gasteiger partial charge < -0.3 is 10.2 Å². The number of aromatic amines is 1. The van der Waals surface area contributed by atoms with Crippen LogP contribution in [0.2, 0.25) is 5.02 Å². The Bertz CT molecular complexity index is 1040. The number of benzene rings is 1. The van der Waals surface area contributed by atoms with Crippen LogP contribution in [0, 0.1) is 5.92 Å². The average molecular weight is 438 g/mol. The van der Waals surface area contributed by atoms with Gasteiger partial charge in [-0.2, -0.15) is 5.10 Å². The van der Waals surface area contributed by atoms with Crippen LogP contribution < -0.4 is 5.32 Å². The van der Waals surface area contributed by atoms with Crippen molar-refractivity contribution in [1.82, 2.24) is 25.4 Å². The highest BCUT2D eigenvalue weighted by Crippen LogP contribution is 2.20. The van der Waals surface area contributed by atoms with Crippen molar-refractivity contribution in [3.05, 3.63) is 71.0 Å². The molecule has 7 nitrogen and oxygen atoms in total. The number of rotatable bonds is 6. The van der Waals surface area contributed by atoms with Crippen LogP contribution in [0.5, 0.6) is 0 Å². The summed E-state index contributed by atoms with van der Waals surface area (Å²) in [6, 6.07) is 14.9. The van der Waals surface area contributed by atoms with E-state index in [1.165, 1.54) is 0 Å². The first-order valence-corrected chi connectivity index (χ1v) is 10.8. The Morgan fingerprint density at radius 3 is 2.77 bits per heavy atom. The topological polar surface area (TPSA) is 91.0 Å². The van der Waals surface area contributed by atoms with Crippen LogP contribution in [0.1, 0.15) is 28.9 Å². The second-order valence-corrected chi connectivity index (χ2v) is 8.08. The van der Waals surface area contributed by atoms with Crippen molar-refractivity contribution in [2.75, 3.05) is 19.6 Å². The van der Waals surface area contributed by atoms with E-state index in [-0.39, 0.29) is 17.7 Å². The number of halogens is 1. The van der Waals surface area contributed by atoms with Gasteiger partial charge in [-0.1, -0.05) is 29.8 Å². The van der Waals surface area contributed by atoms with Gasteiger partial charge in [0.25, 0.3) is 5.91 Å². The van der Waals surface area contributed by atoms with E-state index < -0.39 is 0 Å². The molecule has 1 atom stereocenters. The minimum atomic E-state index is -0.207. The molecule has 0 aliphatic carbocycles. The van der Waals surface area contributed by atoms with Crippen LogP contribution in [0.4, 0.5) is 0 Å². The number of carbonyl (C=O) groups is 2. The number of carbonyl (C=O) groups excluding carboxylic acids is 2. The summed E-state index contributed by atoms with van der Waals surface area (Å²) in [5, 5.41) is 10.7. The molecule has 8 heteroatoms. The molecule has 0 spiro atoms. The first kappa shape index (κ1) is 21.1. The fourth-order valence-electron chi connectivity index (χ4n) is 3.75. The largest absolute Gasteiger partial charge is 0.355 e. The molecule has 0 saturated carbocycles. The van der Waals surface area contributed by atoms with Gasteiger partial charge in [-0.15, -0.1) is 0 Å². The second-order valence-electron chi connectivity index (χ2n) is 7.64. The molecule has 2 amide bonds. The molecule has 1 aromatic carbocycles. The van der Waals surface area contributed by atoms with Gasteiger partial charge in [-0.3, -0.25) is 19.7 Å². The zero-order valence-corrected chi connectivity index (χ0v) is 17.8. The van der Waals surface area contributed by atoms with Crippen LogP contribution in [0.15, 0.2) is 54.7 Å². The molecule has 4 rings (SSSR count). The summed E-state index contributed by atoms with van der Waals surface area (Å²) < 4.78 is 0. The van der Waals surface area contributed by atoms with Crippen molar-refractivity contribution in [2.45, 2.75) is 19.3 Å². The highest BCUT2D eigenvalue weighted by atomic mass is 35.5. The fourth-order valence-corrected chi connectivity index (χ4v) is 3.87. The third kappa shape index (κ3) is 5.30. The lowest BCUT2D eigenvalue weighted by molar-refractivity contribution is -0.126. The number of likely N-dealkylation sites (tertiary alicyclic amines) is 1. The van der Waals surface area contributed by atoms with Crippen molar-refractivity contribution in [2.24, 2.45) is 5.92 Å². The van der Waals surface area contributed by atoms with Gasteiger partial charge in [0.15, 0.2) is 0 Å². The summed E-state index contributed by atoms with van der Waals surface area (Å²) in [5.74, 6) is -0.361. The number of hydrogen-bond donors (Lipinski definition) is 2. The molecule has 1 aliphatic heterocycles. The summed E-state index contributed by atoms with van der Waals surface area (Å²) >= 11 is 5.90. The molecular weight excluding hydrogens is 414 g/mol. The van der Waals surface area contributed by atoms with Crippen LogP contribution in [0.25, 0.3) is 11.4 Å². The Morgan fingerprint density at radius 2 is 2.00 bits per heavy atom. The molecule has 2 N–H and O–H groups in total. The first-order valence-electron chi connectivity index (χ1n) is 10.4. The van der Waals surface area contributed by atoms with Crippen LogP contribution in [-0.4, -0.2) is 51.5 Å². The number of amides is 2. The monoisotopic (exact) mass is 437 g/mol. The normalized spacial score (nSPS) is 16.2. The molecular formula is C23H24ClN5O2. The summed E-state index contributed by atoms with van der Waals surface area (Å²) in [4.78, 5) is 31.6. The molecule has 1 saturated heterocycles. The van der Waals surface area contributed by atoms with Crippen LogP contribution >= 0.6 is 11.6 Å². The lowest BCUT2D eigenvalue weighted by Gasteiger charge is -2.31. The Kier molecular flexibility index (Phi) is 6.62. The maximum atomic E-state index is 12.9. The third-order valence-corrected chi connectivity index (χ3v) is 5.69. The van der Waals surface area contributed by atoms with Crippen molar-refractivity contribution in [3.63, 3.8) is 0 Å². The standard InChI is InChI=1S/C23H24ClN5O2/c24-18-8-6-16(7-9-18)10-12-26-22(30)17-4-3-13-29(15-17)23(31)21-14-20(27-28-21)19-5-1-2-11-25-19/h1-2,5-9,11,14,17H,3-4,10,12-13,15H2,(H,26,30)(H,27,28). The minimum Gasteiger partial charge on any atom is -0.355 e. The van der Waals surface area contributed by atoms with Gasteiger partial charge in [-0.25, -0.2) is 0 Å². The fraction of sp³-hybridized carbons (Fsp3) is 0.304. The maximum absolute atomic E-state index is 12.9. The van der Waals surface area contributed by atoms with Gasteiger partial charge in [-0.05, 0) is 55.2 Å². The number of nitrogens with zero attached hydrogens (tertiary/aromatic N) is 3. The summed E-state index contributed by atoms with van der Waals surface area (Å²) in [7, 11) is 0. The van der Waals surface area contributed by atoms with Crippen molar-refractivity contribution in [3.8, 4) is 11.4 Å². The number of nitrogens with one attached hydrogen (secondary N) is 2. The summed E-state index contributed by atoms with van der Waals surface area (Å²) in [5.41, 5.74) is 2.85. The van der Waals surface area contributed by atoms with Gasteiger partial charge in [0.1, 0.15) is 11.4 Å². The van der Waals surface area contributed by atoms with Gasteiger partial charge in [0.05, 0.1) is 11.6 Å². The average Bonchev–Trinajstić information content (AvgIpc) is 3.31. The van der Waals surface area contributed by atoms with Crippen molar-refractivity contribution >= 4 is 23.4 Å². The smallest absolute Gasteiger partial charge is 0.271 e. The quantitative estimate of drug-likeness (QED) is 0.618. The molecule has 1 fully saturated rings. The Morgan fingerprint density at radius 1 is 1.16 bits per heavy atom. The van der Waals surface area contributed by atoms with E-state index in [4.69, 9.17) is 11.6 Å². The molecule has 2 aromatic heterocycles. The highest BCUT2D eigenvalue weighted by Gasteiger charge is 2.29. The Balaban J connectivity index is 1.31. The second kappa shape index (κ2) is 9.75. The van der Waals surface area contributed by atoms with E-state index in [1.807, 2.05) is 42.5 Å². The molecule has 3 heterocycles. The molecule has 0 bridgehead atoms. The van der Waals surface area contributed by atoms with E-state index in [0.717, 1.165) is 24.8 Å². The van der Waals surface area contributed by atoms with Crippen LogP contribution in [0.3, 0.4) is 0 Å². The van der Waals surface area contributed by atoms with Gasteiger partial charge in [0.2, 0.25) is 5.91 Å². The highest BCUT2D eigenvalue weighted by molar-refractivity contribution is 6.30. The van der Waals surface area contributed by atoms with E-state index in [9.17, 15) is 9.59 Å². The molecule has 160 valence electrons. The minimum absolute atomic E-state index is 0.00903. The lowest BCUT2D eigenvalue weighted by Crippen LogP contribution is -2.45. The predicted molar refractivity (Wildman–Crippen MR) is 119 cm³/mol. The molecule has 3 aromatic rings. The van der Waals surface area contributed by atoms with Crippen molar-refractivity contribution in [1.29, 1.82) is 0 Å². The SMILES string of the molecule is O=C(NCCc1ccc(Cl)cc1)C1CCCN(C(=O)c2cc(-c3ccccn3)n[nH]2)C1. The molecule has 0 radical (unpaired) electrons. The van der Waals surface area contributed by atoms with Crippen LogP contribution in [-0.2, 0) is 11.2 Å². The third-order valence-electron chi connectivity index (χ3n) is 5.44. The number of hydrogen-bond acceptors (Lipinski definition) is 4. The maximum Gasteiger partial charge on any atom is 0.271 e. The number of H-pyrrole nitrogens is 1.